The van der Waals surface area contributed by atoms with Gasteiger partial charge in [-0.15, -0.1) is 6.58 Å². The van der Waals surface area contributed by atoms with Crippen LogP contribution in [0.4, 0.5) is 22.7 Å². The van der Waals surface area contributed by atoms with E-state index in [0.29, 0.717) is 0 Å². The maximum absolute atomic E-state index is 4.20. The van der Waals surface area contributed by atoms with Crippen molar-refractivity contribution in [3.8, 4) is 11.1 Å². The number of hydrogen-bond donors (Lipinski definition) is 0. The number of para-hydroxylation sites is 2. The average molecular weight is 629 g/mol. The van der Waals surface area contributed by atoms with E-state index in [1.165, 1.54) is 67.3 Å². The molecule has 0 aromatic heterocycles. The molecule has 0 saturated carbocycles. The molecule has 5 aromatic carbocycles. The number of hydrogen-bond acceptors (Lipinski definition) is 2. The van der Waals surface area contributed by atoms with Gasteiger partial charge in [-0.3, -0.25) is 0 Å². The molecule has 48 heavy (non-hydrogen) atoms. The van der Waals surface area contributed by atoms with E-state index in [1.807, 2.05) is 6.08 Å². The van der Waals surface area contributed by atoms with Gasteiger partial charge in [0, 0.05) is 34.7 Å². The van der Waals surface area contributed by atoms with E-state index in [4.69, 9.17) is 0 Å². The van der Waals surface area contributed by atoms with Gasteiger partial charge in [-0.1, -0.05) is 119 Å². The number of nitrogens with zero attached hydrogens (tertiary/aromatic N) is 2. The highest BCUT2D eigenvalue weighted by Gasteiger charge is 2.37. The van der Waals surface area contributed by atoms with Crippen LogP contribution in [0.5, 0.6) is 0 Å². The van der Waals surface area contributed by atoms with Gasteiger partial charge in [0.25, 0.3) is 0 Å². The Morgan fingerprint density at radius 3 is 2.06 bits per heavy atom. The van der Waals surface area contributed by atoms with Crippen molar-refractivity contribution in [1.82, 2.24) is 0 Å². The molecule has 2 heteroatoms. The summed E-state index contributed by atoms with van der Waals surface area (Å²) in [6.45, 7) is 21.3. The summed E-state index contributed by atoms with van der Waals surface area (Å²) in [4.78, 5) is 4.90. The van der Waals surface area contributed by atoms with E-state index < -0.39 is 0 Å². The van der Waals surface area contributed by atoms with Gasteiger partial charge < -0.3 is 9.80 Å². The van der Waals surface area contributed by atoms with Gasteiger partial charge in [0.1, 0.15) is 0 Å². The van der Waals surface area contributed by atoms with E-state index in [9.17, 15) is 0 Å². The quantitative estimate of drug-likeness (QED) is 0.131. The second-order valence-corrected chi connectivity index (χ2v) is 15.4. The van der Waals surface area contributed by atoms with Crippen LogP contribution in [0.25, 0.3) is 23.3 Å². The summed E-state index contributed by atoms with van der Waals surface area (Å²) in [6, 6.07) is 40.5. The largest absolute Gasteiger partial charge is 0.341 e. The third-order valence-corrected chi connectivity index (χ3v) is 10.9. The fourth-order valence-electron chi connectivity index (χ4n) is 7.83. The maximum atomic E-state index is 4.20. The minimum atomic E-state index is -0.263. The highest BCUT2D eigenvalue weighted by Crippen LogP contribution is 2.51. The Kier molecular flexibility index (Phi) is 7.74. The fraction of sp³-hybridized carbons (Fsp3) is 0.261. The Balaban J connectivity index is 1.15. The van der Waals surface area contributed by atoms with E-state index >= 15 is 0 Å². The van der Waals surface area contributed by atoms with E-state index in [1.54, 1.807) is 0 Å². The lowest BCUT2D eigenvalue weighted by Crippen LogP contribution is -2.39. The standard InChI is InChI=1S/C46H48N2/c1-9-45(5,6)48(42-16-12-10-14-32(42)2)36-25-27-38-37-26-22-34(30-40(37)46(7,8)41(38)31-36)19-18-33-20-23-35(24-21-33)47-29-28-44(3,4)39-15-11-13-17-43(39)47/h9-27,30-31H,1,28-29H2,2-8H3/b19-18+. The van der Waals surface area contributed by atoms with Crippen LogP contribution in [0, 0.1) is 6.92 Å². The van der Waals surface area contributed by atoms with Gasteiger partial charge in [0.05, 0.1) is 5.54 Å². The van der Waals surface area contributed by atoms with Gasteiger partial charge >= 0.3 is 0 Å². The summed E-state index contributed by atoms with van der Waals surface area (Å²) in [5, 5.41) is 0. The van der Waals surface area contributed by atoms with Gasteiger partial charge in [-0.25, -0.2) is 0 Å². The fourth-order valence-corrected chi connectivity index (χ4v) is 7.83. The minimum absolute atomic E-state index is 0.124. The molecule has 0 saturated heterocycles. The summed E-state index contributed by atoms with van der Waals surface area (Å²) < 4.78 is 0. The third kappa shape index (κ3) is 5.38. The minimum Gasteiger partial charge on any atom is -0.341 e. The molecule has 0 spiro atoms. The van der Waals surface area contributed by atoms with Crippen LogP contribution < -0.4 is 9.80 Å². The molecular formula is C46H48N2. The molecule has 0 unspecified atom stereocenters. The topological polar surface area (TPSA) is 6.48 Å². The molecule has 2 nitrogen and oxygen atoms in total. The first-order chi connectivity index (χ1) is 22.9. The van der Waals surface area contributed by atoms with Crippen LogP contribution in [-0.2, 0) is 10.8 Å². The van der Waals surface area contributed by atoms with Crippen molar-refractivity contribution in [3.63, 3.8) is 0 Å². The van der Waals surface area contributed by atoms with Crippen LogP contribution in [0.3, 0.4) is 0 Å². The molecule has 0 N–H and O–H groups in total. The second-order valence-electron chi connectivity index (χ2n) is 15.4. The zero-order valence-electron chi connectivity index (χ0n) is 29.6. The summed E-state index contributed by atoms with van der Waals surface area (Å²) in [7, 11) is 0. The van der Waals surface area contributed by atoms with Crippen molar-refractivity contribution in [2.24, 2.45) is 0 Å². The predicted molar refractivity (Wildman–Crippen MR) is 208 cm³/mol. The van der Waals surface area contributed by atoms with Crippen LogP contribution in [0.1, 0.15) is 81.3 Å². The molecule has 0 fully saturated rings. The molecule has 1 heterocycles. The number of aryl methyl sites for hydroxylation is 1. The normalized spacial score (nSPS) is 15.9. The SMILES string of the molecule is C=CC(C)(C)N(c1ccc2c(c1)C(C)(C)c1cc(/C=C/c3ccc(N4CCC(C)(C)c5ccccc54)cc3)ccc1-2)c1ccccc1C. The average Bonchev–Trinajstić information content (AvgIpc) is 3.30. The van der Waals surface area contributed by atoms with Crippen molar-refractivity contribution in [1.29, 1.82) is 0 Å². The monoisotopic (exact) mass is 628 g/mol. The van der Waals surface area contributed by atoms with E-state index in [2.05, 4.69) is 186 Å². The molecule has 0 radical (unpaired) electrons. The molecular weight excluding hydrogens is 581 g/mol. The molecule has 0 bridgehead atoms. The van der Waals surface area contributed by atoms with Crippen LogP contribution >= 0.6 is 0 Å². The molecule has 0 atom stereocenters. The highest BCUT2D eigenvalue weighted by atomic mass is 15.2. The Labute approximate surface area is 288 Å². The maximum Gasteiger partial charge on any atom is 0.0574 e. The van der Waals surface area contributed by atoms with Gasteiger partial charge in [0.2, 0.25) is 0 Å². The zero-order chi connectivity index (χ0) is 33.8. The lowest BCUT2D eigenvalue weighted by molar-refractivity contribution is 0.467. The van der Waals surface area contributed by atoms with Crippen molar-refractivity contribution < 1.29 is 0 Å². The van der Waals surface area contributed by atoms with Crippen molar-refractivity contribution in [3.05, 3.63) is 155 Å². The number of anilines is 4. The Morgan fingerprint density at radius 1 is 0.708 bits per heavy atom. The predicted octanol–water partition coefficient (Wildman–Crippen LogP) is 12.4. The van der Waals surface area contributed by atoms with E-state index in [0.717, 1.165) is 13.0 Å². The van der Waals surface area contributed by atoms with Crippen LogP contribution in [-0.4, -0.2) is 12.1 Å². The summed E-state index contributed by atoms with van der Waals surface area (Å²) in [5.74, 6) is 0. The second kappa shape index (κ2) is 11.7. The first-order valence-corrected chi connectivity index (χ1v) is 17.3. The molecule has 2 aliphatic rings. The molecule has 1 aliphatic carbocycles. The third-order valence-electron chi connectivity index (χ3n) is 10.9. The zero-order valence-corrected chi connectivity index (χ0v) is 29.6. The lowest BCUT2D eigenvalue weighted by Gasteiger charge is -2.40. The smallest absolute Gasteiger partial charge is 0.0574 e. The Morgan fingerprint density at radius 2 is 1.33 bits per heavy atom. The molecule has 0 amide bonds. The summed E-state index contributed by atoms with van der Waals surface area (Å²) in [5.41, 5.74) is 15.3. The van der Waals surface area contributed by atoms with Gasteiger partial charge in [-0.05, 0) is 114 Å². The Hall–Kier alpha value is -4.82. The first kappa shape index (κ1) is 31.8. The van der Waals surface area contributed by atoms with Crippen LogP contribution in [0.2, 0.25) is 0 Å². The van der Waals surface area contributed by atoms with Crippen molar-refractivity contribution in [2.75, 3.05) is 16.3 Å². The van der Waals surface area contributed by atoms with Crippen molar-refractivity contribution >= 4 is 34.9 Å². The summed E-state index contributed by atoms with van der Waals surface area (Å²) in [6.07, 6.45) is 7.68. The van der Waals surface area contributed by atoms with Gasteiger partial charge in [-0.2, -0.15) is 0 Å². The number of rotatable bonds is 7. The molecule has 7 rings (SSSR count). The first-order valence-electron chi connectivity index (χ1n) is 17.3. The number of benzene rings is 5. The van der Waals surface area contributed by atoms with Gasteiger partial charge in [0.15, 0.2) is 0 Å². The van der Waals surface area contributed by atoms with Crippen molar-refractivity contribution in [2.45, 2.75) is 71.3 Å². The Bertz CT molecular complexity index is 2040. The number of fused-ring (bicyclic) bond motifs is 4. The highest BCUT2D eigenvalue weighted by molar-refractivity contribution is 5.85. The molecule has 5 aromatic rings. The summed E-state index contributed by atoms with van der Waals surface area (Å²) >= 11 is 0. The van der Waals surface area contributed by atoms with E-state index in [-0.39, 0.29) is 16.4 Å². The molecule has 1 aliphatic heterocycles. The van der Waals surface area contributed by atoms with Crippen LogP contribution in [0.15, 0.2) is 122 Å². The molecule has 242 valence electrons. The lowest BCUT2D eigenvalue weighted by atomic mass is 9.77.